The van der Waals surface area contributed by atoms with Gasteiger partial charge in [0.05, 0.1) is 11.7 Å². The molecule has 3 aromatic rings. The first-order chi connectivity index (χ1) is 13.7. The number of anilines is 1. The summed E-state index contributed by atoms with van der Waals surface area (Å²) in [6.45, 7) is 0.324. The average Bonchev–Trinajstić information content (AvgIpc) is 3.49. The van der Waals surface area contributed by atoms with Crippen LogP contribution in [-0.2, 0) is 11.2 Å². The number of para-hydroxylation sites is 1. The fourth-order valence-corrected chi connectivity index (χ4v) is 3.46. The number of fused-ring (bicyclic) bond motifs is 1. The topological polar surface area (TPSA) is 109 Å². The zero-order valence-corrected chi connectivity index (χ0v) is 16.0. The van der Waals surface area contributed by atoms with E-state index in [1.807, 2.05) is 31.4 Å². The molecule has 1 aliphatic rings. The molecule has 5 N–H and O–H groups in total. The predicted molar refractivity (Wildman–Crippen MR) is 110 cm³/mol. The molecule has 0 aliphatic heterocycles. The number of benzene rings is 1. The van der Waals surface area contributed by atoms with Gasteiger partial charge in [0.15, 0.2) is 0 Å². The SMILES string of the molecule is CNc1cc([C@H](Cc2c[nH]c3ccccc23)NC(=O)CCN)nc(C2CC2)n1. The molecule has 1 aromatic carbocycles. The minimum absolute atomic E-state index is 0.0649. The lowest BCUT2D eigenvalue weighted by Crippen LogP contribution is -2.32. The van der Waals surface area contributed by atoms with Crippen LogP contribution in [0.1, 0.15) is 48.3 Å². The van der Waals surface area contributed by atoms with E-state index in [2.05, 4.69) is 32.7 Å². The van der Waals surface area contributed by atoms with Gasteiger partial charge in [-0.3, -0.25) is 4.79 Å². The Hall–Kier alpha value is -2.93. The third-order valence-electron chi connectivity index (χ3n) is 5.12. The Balaban J connectivity index is 1.69. The van der Waals surface area contributed by atoms with Crippen LogP contribution in [0.2, 0.25) is 0 Å². The Bertz CT molecular complexity index is 978. The normalized spacial score (nSPS) is 14.8. The van der Waals surface area contributed by atoms with Gasteiger partial charge in [0.25, 0.3) is 0 Å². The van der Waals surface area contributed by atoms with E-state index in [1.54, 1.807) is 0 Å². The second kappa shape index (κ2) is 7.98. The number of nitrogens with two attached hydrogens (primary N) is 1. The molecule has 7 nitrogen and oxygen atoms in total. The molecule has 0 bridgehead atoms. The Morgan fingerprint density at radius 1 is 1.32 bits per heavy atom. The van der Waals surface area contributed by atoms with Crippen molar-refractivity contribution >= 4 is 22.6 Å². The maximum Gasteiger partial charge on any atom is 0.221 e. The van der Waals surface area contributed by atoms with Gasteiger partial charge in [-0.25, -0.2) is 9.97 Å². The van der Waals surface area contributed by atoms with Gasteiger partial charge in [-0.15, -0.1) is 0 Å². The minimum atomic E-state index is -0.245. The molecule has 1 fully saturated rings. The number of hydrogen-bond acceptors (Lipinski definition) is 5. The number of hydrogen-bond donors (Lipinski definition) is 4. The summed E-state index contributed by atoms with van der Waals surface area (Å²) in [4.78, 5) is 25.1. The van der Waals surface area contributed by atoms with Crippen LogP contribution in [0, 0.1) is 0 Å². The zero-order valence-electron chi connectivity index (χ0n) is 16.0. The van der Waals surface area contributed by atoms with Crippen LogP contribution in [0.25, 0.3) is 10.9 Å². The van der Waals surface area contributed by atoms with Gasteiger partial charge >= 0.3 is 0 Å². The number of nitrogens with one attached hydrogen (secondary N) is 3. The van der Waals surface area contributed by atoms with E-state index >= 15 is 0 Å². The van der Waals surface area contributed by atoms with E-state index < -0.39 is 0 Å². The minimum Gasteiger partial charge on any atom is -0.373 e. The van der Waals surface area contributed by atoms with Crippen LogP contribution in [0.15, 0.2) is 36.5 Å². The molecule has 2 heterocycles. The molecular weight excluding hydrogens is 352 g/mol. The summed E-state index contributed by atoms with van der Waals surface area (Å²) >= 11 is 0. The van der Waals surface area contributed by atoms with Gasteiger partial charge in [-0.05, 0) is 24.5 Å². The van der Waals surface area contributed by atoms with Crippen LogP contribution in [-0.4, -0.2) is 34.5 Å². The van der Waals surface area contributed by atoms with Crippen molar-refractivity contribution in [1.29, 1.82) is 0 Å². The van der Waals surface area contributed by atoms with Gasteiger partial charge in [-0.2, -0.15) is 0 Å². The lowest BCUT2D eigenvalue weighted by atomic mass is 10.0. The number of nitrogens with zero attached hydrogens (tertiary/aromatic N) is 2. The number of carbonyl (C=O) groups excluding carboxylic acids is 1. The van der Waals surface area contributed by atoms with E-state index in [0.717, 1.165) is 46.6 Å². The first kappa shape index (κ1) is 18.4. The van der Waals surface area contributed by atoms with Gasteiger partial charge in [-0.1, -0.05) is 18.2 Å². The molecular formula is C21H26N6O. The molecule has 146 valence electrons. The highest BCUT2D eigenvalue weighted by atomic mass is 16.1. The summed E-state index contributed by atoms with van der Waals surface area (Å²) in [5, 5.41) is 7.40. The van der Waals surface area contributed by atoms with Crippen LogP contribution >= 0.6 is 0 Å². The highest BCUT2D eigenvalue weighted by molar-refractivity contribution is 5.83. The van der Waals surface area contributed by atoms with Crippen molar-refractivity contribution in [3.8, 4) is 0 Å². The second-order valence-corrected chi connectivity index (χ2v) is 7.28. The molecule has 2 aromatic heterocycles. The van der Waals surface area contributed by atoms with Crippen molar-refractivity contribution in [2.75, 3.05) is 18.9 Å². The molecule has 1 saturated carbocycles. The van der Waals surface area contributed by atoms with Gasteiger partial charge < -0.3 is 21.4 Å². The van der Waals surface area contributed by atoms with Crippen molar-refractivity contribution in [3.63, 3.8) is 0 Å². The third kappa shape index (κ3) is 3.99. The fourth-order valence-electron chi connectivity index (χ4n) is 3.46. The number of rotatable bonds is 8. The van der Waals surface area contributed by atoms with Crippen LogP contribution in [0.4, 0.5) is 5.82 Å². The molecule has 0 radical (unpaired) electrons. The van der Waals surface area contributed by atoms with Crippen molar-refractivity contribution in [3.05, 3.63) is 53.6 Å². The van der Waals surface area contributed by atoms with Crippen LogP contribution < -0.4 is 16.4 Å². The summed E-state index contributed by atoms with van der Waals surface area (Å²) in [5.74, 6) is 2.01. The molecule has 0 spiro atoms. The standard InChI is InChI=1S/C21H26N6O/c1-23-19-11-18(26-21(27-19)13-6-7-13)17(25-20(28)8-9-22)10-14-12-24-16-5-3-2-4-15(14)16/h2-5,11-13,17,24H,6-10,22H2,1H3,(H,25,28)(H,23,26,27)/t17-/m0/s1. The lowest BCUT2D eigenvalue weighted by molar-refractivity contribution is -0.121. The molecule has 1 atom stereocenters. The smallest absolute Gasteiger partial charge is 0.221 e. The second-order valence-electron chi connectivity index (χ2n) is 7.28. The zero-order chi connectivity index (χ0) is 19.5. The Morgan fingerprint density at radius 3 is 2.89 bits per heavy atom. The number of amides is 1. The van der Waals surface area contributed by atoms with Crippen molar-refractivity contribution in [1.82, 2.24) is 20.3 Å². The van der Waals surface area contributed by atoms with Crippen molar-refractivity contribution < 1.29 is 4.79 Å². The van der Waals surface area contributed by atoms with Crippen LogP contribution in [0.3, 0.4) is 0 Å². The summed E-state index contributed by atoms with van der Waals surface area (Å²) in [6, 6.07) is 9.86. The van der Waals surface area contributed by atoms with E-state index in [4.69, 9.17) is 10.7 Å². The van der Waals surface area contributed by atoms with Crippen molar-refractivity contribution in [2.45, 2.75) is 37.6 Å². The first-order valence-electron chi connectivity index (χ1n) is 9.79. The number of carbonyl (C=O) groups is 1. The number of H-pyrrole nitrogens is 1. The quantitative estimate of drug-likeness (QED) is 0.482. The largest absolute Gasteiger partial charge is 0.373 e. The predicted octanol–water partition coefficient (Wildman–Crippen LogP) is 2.63. The van der Waals surface area contributed by atoms with E-state index in [-0.39, 0.29) is 11.9 Å². The number of aromatic amines is 1. The third-order valence-corrected chi connectivity index (χ3v) is 5.12. The fraction of sp³-hybridized carbons (Fsp3) is 0.381. The summed E-state index contributed by atoms with van der Waals surface area (Å²) in [7, 11) is 1.85. The Labute approximate surface area is 164 Å². The van der Waals surface area contributed by atoms with Gasteiger partial charge in [0, 0.05) is 55.5 Å². The molecule has 0 unspecified atom stereocenters. The maximum absolute atomic E-state index is 12.3. The number of aromatic nitrogens is 3. The highest BCUT2D eigenvalue weighted by Crippen LogP contribution is 2.39. The highest BCUT2D eigenvalue weighted by Gasteiger charge is 2.29. The molecule has 28 heavy (non-hydrogen) atoms. The molecule has 0 saturated heterocycles. The first-order valence-corrected chi connectivity index (χ1v) is 9.79. The van der Waals surface area contributed by atoms with E-state index in [0.29, 0.717) is 25.3 Å². The van der Waals surface area contributed by atoms with Gasteiger partial charge in [0.2, 0.25) is 5.91 Å². The van der Waals surface area contributed by atoms with Crippen molar-refractivity contribution in [2.24, 2.45) is 5.73 Å². The monoisotopic (exact) mass is 378 g/mol. The molecule has 1 aliphatic carbocycles. The Kier molecular flexibility index (Phi) is 5.25. The van der Waals surface area contributed by atoms with Crippen LogP contribution in [0.5, 0.6) is 0 Å². The van der Waals surface area contributed by atoms with E-state index in [1.165, 1.54) is 0 Å². The summed E-state index contributed by atoms with van der Waals surface area (Å²) in [6.07, 6.45) is 5.20. The van der Waals surface area contributed by atoms with Gasteiger partial charge in [0.1, 0.15) is 11.6 Å². The maximum atomic E-state index is 12.3. The molecule has 4 rings (SSSR count). The average molecular weight is 378 g/mol. The Morgan fingerprint density at radius 2 is 2.14 bits per heavy atom. The lowest BCUT2D eigenvalue weighted by Gasteiger charge is -2.20. The molecule has 7 heteroatoms. The molecule has 1 amide bonds. The summed E-state index contributed by atoms with van der Waals surface area (Å²) in [5.41, 5.74) is 8.63. The summed E-state index contributed by atoms with van der Waals surface area (Å²) < 4.78 is 0. The van der Waals surface area contributed by atoms with E-state index in [9.17, 15) is 4.79 Å².